The van der Waals surface area contributed by atoms with Gasteiger partial charge in [-0.1, -0.05) is 18.7 Å². The summed E-state index contributed by atoms with van der Waals surface area (Å²) in [5, 5.41) is 0. The molecule has 1 rings (SSSR count). The number of aliphatic imine (C=N–C) groups is 1. The number of hydrogen-bond donors (Lipinski definition) is 0. The molecule has 0 unspecified atom stereocenters. The topological polar surface area (TPSA) is 12.4 Å². The molecule has 0 bridgehead atoms. The van der Waals surface area contributed by atoms with Gasteiger partial charge >= 0.3 is 0 Å². The molecule has 0 fully saturated rings. The van der Waals surface area contributed by atoms with Crippen LogP contribution in [0.25, 0.3) is 0 Å². The molecule has 0 atom stereocenters. The van der Waals surface area contributed by atoms with Crippen LogP contribution in [-0.4, -0.2) is 11.6 Å². The Kier molecular flexibility index (Phi) is 5.33. The molecule has 0 saturated carbocycles. The Balaban J connectivity index is 3.47. The maximum atomic E-state index is 13.5. The number of aryl methyl sites for hydroxylation is 1. The Morgan fingerprint density at radius 1 is 1.18 bits per heavy atom. The van der Waals surface area contributed by atoms with E-state index in [-0.39, 0.29) is 16.8 Å². The van der Waals surface area contributed by atoms with Crippen molar-refractivity contribution in [3.05, 3.63) is 59.3 Å². The van der Waals surface area contributed by atoms with E-state index >= 15 is 0 Å². The number of alkyl halides is 4. The molecule has 0 aliphatic heterocycles. The van der Waals surface area contributed by atoms with Crippen molar-refractivity contribution < 1.29 is 17.6 Å². The first-order valence-electron chi connectivity index (χ1n) is 6.71. The van der Waals surface area contributed by atoms with Crippen molar-refractivity contribution in [1.82, 2.24) is 0 Å². The molecule has 0 radical (unpaired) electrons. The van der Waals surface area contributed by atoms with E-state index in [1.807, 2.05) is 0 Å². The number of hydrogen-bond acceptors (Lipinski definition) is 1. The summed E-state index contributed by atoms with van der Waals surface area (Å²) >= 11 is 0. The molecule has 0 spiro atoms. The van der Waals surface area contributed by atoms with Gasteiger partial charge in [-0.25, -0.2) is 17.6 Å². The van der Waals surface area contributed by atoms with Gasteiger partial charge in [-0.05, 0) is 37.1 Å². The van der Waals surface area contributed by atoms with Crippen molar-refractivity contribution in [2.75, 3.05) is 0 Å². The lowest BCUT2D eigenvalue weighted by Gasteiger charge is -2.15. The summed E-state index contributed by atoms with van der Waals surface area (Å²) in [5.41, 5.74) is 0.817. The fourth-order valence-corrected chi connectivity index (χ4v) is 1.79. The highest BCUT2D eigenvalue weighted by Gasteiger charge is 2.27. The Morgan fingerprint density at radius 2 is 1.77 bits per heavy atom. The van der Waals surface area contributed by atoms with Crippen LogP contribution >= 0.6 is 0 Å². The minimum atomic E-state index is -3.02. The van der Waals surface area contributed by atoms with Gasteiger partial charge in [-0.15, -0.1) is 0 Å². The van der Waals surface area contributed by atoms with Gasteiger partial charge in [0.05, 0.1) is 5.71 Å². The minimum Gasteiger partial charge on any atom is -0.257 e. The second kappa shape index (κ2) is 6.46. The Morgan fingerprint density at radius 3 is 2.23 bits per heavy atom. The third-order valence-corrected chi connectivity index (χ3v) is 3.30. The first-order valence-corrected chi connectivity index (χ1v) is 6.71. The highest BCUT2D eigenvalue weighted by molar-refractivity contribution is 6.10. The van der Waals surface area contributed by atoms with E-state index in [0.717, 1.165) is 13.8 Å². The maximum absolute atomic E-state index is 13.5. The number of benzene rings is 1. The third-order valence-electron chi connectivity index (χ3n) is 3.30. The van der Waals surface area contributed by atoms with Crippen LogP contribution in [-0.2, 0) is 5.92 Å². The number of nitrogens with zero attached hydrogens (tertiary/aromatic N) is 1. The van der Waals surface area contributed by atoms with Gasteiger partial charge in [0, 0.05) is 31.2 Å². The van der Waals surface area contributed by atoms with Crippen LogP contribution in [0.4, 0.5) is 17.6 Å². The standard InChI is InChI=1S/C17H19F4N/c1-6-22-15(9-12(3)16(4,18)19)14-10-13(17(5,20)21)8-7-11(14)2/h6-10H,1H2,2-5H3/b12-9+,22-15?. The minimum absolute atomic E-state index is 0.178. The van der Waals surface area contributed by atoms with Crippen LogP contribution in [0, 0.1) is 6.92 Å². The van der Waals surface area contributed by atoms with Gasteiger partial charge in [-0.3, -0.25) is 4.99 Å². The van der Waals surface area contributed by atoms with Gasteiger partial charge in [0.25, 0.3) is 11.8 Å². The van der Waals surface area contributed by atoms with Gasteiger partial charge < -0.3 is 0 Å². The van der Waals surface area contributed by atoms with Gasteiger partial charge in [-0.2, -0.15) is 0 Å². The second-order valence-corrected chi connectivity index (χ2v) is 5.33. The van der Waals surface area contributed by atoms with E-state index in [0.29, 0.717) is 11.1 Å². The summed E-state index contributed by atoms with van der Waals surface area (Å²) in [6.45, 7) is 7.98. The molecule has 22 heavy (non-hydrogen) atoms. The van der Waals surface area contributed by atoms with E-state index < -0.39 is 11.8 Å². The maximum Gasteiger partial charge on any atom is 0.270 e. The Hall–Kier alpha value is -1.91. The normalized spacial score (nSPS) is 14.2. The quantitative estimate of drug-likeness (QED) is 0.492. The largest absolute Gasteiger partial charge is 0.270 e. The molecule has 0 aliphatic carbocycles. The molecule has 1 aromatic carbocycles. The molecule has 0 heterocycles. The fourth-order valence-electron chi connectivity index (χ4n) is 1.79. The zero-order chi connectivity index (χ0) is 17.1. The third kappa shape index (κ3) is 4.55. The van der Waals surface area contributed by atoms with E-state index in [9.17, 15) is 17.6 Å². The zero-order valence-electron chi connectivity index (χ0n) is 13.1. The van der Waals surface area contributed by atoms with Crippen LogP contribution in [0.1, 0.15) is 37.5 Å². The summed E-state index contributed by atoms with van der Waals surface area (Å²) < 4.78 is 53.6. The van der Waals surface area contributed by atoms with E-state index in [1.165, 1.54) is 37.4 Å². The summed E-state index contributed by atoms with van der Waals surface area (Å²) in [4.78, 5) is 3.96. The van der Waals surface area contributed by atoms with E-state index in [2.05, 4.69) is 11.6 Å². The van der Waals surface area contributed by atoms with Crippen molar-refractivity contribution in [2.24, 2.45) is 4.99 Å². The molecule has 5 heteroatoms. The average Bonchev–Trinajstić information content (AvgIpc) is 2.36. The molecule has 120 valence electrons. The molecular formula is C17H19F4N. The summed E-state index contributed by atoms with van der Waals surface area (Å²) in [6, 6.07) is 4.11. The first-order chi connectivity index (χ1) is 9.96. The molecule has 0 saturated heterocycles. The molecule has 0 aliphatic rings. The van der Waals surface area contributed by atoms with E-state index in [1.54, 1.807) is 6.92 Å². The number of rotatable bonds is 5. The predicted molar refractivity (Wildman–Crippen MR) is 81.9 cm³/mol. The summed E-state index contributed by atoms with van der Waals surface area (Å²) in [6.07, 6.45) is 2.39. The predicted octanol–water partition coefficient (Wildman–Crippen LogP) is 5.64. The Bertz CT molecular complexity index is 617. The number of allylic oxidation sites excluding steroid dienone is 2. The SMILES string of the molecule is C=CN=C(/C=C(\C)C(C)(F)F)c1cc(C(C)(F)F)ccc1C. The van der Waals surface area contributed by atoms with Crippen molar-refractivity contribution >= 4 is 5.71 Å². The highest BCUT2D eigenvalue weighted by Crippen LogP contribution is 2.29. The van der Waals surface area contributed by atoms with Crippen LogP contribution in [0.15, 0.2) is 47.6 Å². The van der Waals surface area contributed by atoms with Crippen LogP contribution < -0.4 is 0 Å². The molecular weight excluding hydrogens is 294 g/mol. The van der Waals surface area contributed by atoms with Gasteiger partial charge in [0.2, 0.25) is 0 Å². The van der Waals surface area contributed by atoms with Crippen molar-refractivity contribution in [3.8, 4) is 0 Å². The van der Waals surface area contributed by atoms with Gasteiger partial charge in [0.1, 0.15) is 0 Å². The fraction of sp³-hybridized carbons (Fsp3) is 0.353. The van der Waals surface area contributed by atoms with Crippen LogP contribution in [0.3, 0.4) is 0 Å². The molecule has 1 aromatic rings. The highest BCUT2D eigenvalue weighted by atomic mass is 19.3. The molecule has 1 nitrogen and oxygen atoms in total. The van der Waals surface area contributed by atoms with Gasteiger partial charge in [0.15, 0.2) is 0 Å². The van der Waals surface area contributed by atoms with E-state index in [4.69, 9.17) is 0 Å². The molecule has 0 N–H and O–H groups in total. The average molecular weight is 313 g/mol. The number of halogens is 4. The lowest BCUT2D eigenvalue weighted by molar-refractivity contribution is 0.0174. The smallest absolute Gasteiger partial charge is 0.257 e. The van der Waals surface area contributed by atoms with Crippen molar-refractivity contribution in [2.45, 2.75) is 39.5 Å². The summed E-state index contributed by atoms with van der Waals surface area (Å²) in [7, 11) is 0. The monoisotopic (exact) mass is 313 g/mol. The lowest BCUT2D eigenvalue weighted by Crippen LogP contribution is -2.14. The zero-order valence-corrected chi connectivity index (χ0v) is 13.1. The molecule has 0 aromatic heterocycles. The Labute approximate surface area is 128 Å². The lowest BCUT2D eigenvalue weighted by atomic mass is 9.96. The first kappa shape index (κ1) is 18.1. The van der Waals surface area contributed by atoms with Crippen LogP contribution in [0.5, 0.6) is 0 Å². The van der Waals surface area contributed by atoms with Crippen LogP contribution in [0.2, 0.25) is 0 Å². The second-order valence-electron chi connectivity index (χ2n) is 5.33. The summed E-state index contributed by atoms with van der Waals surface area (Å²) in [5.74, 6) is -6.03. The molecule has 0 amide bonds. The van der Waals surface area contributed by atoms with Crippen molar-refractivity contribution in [1.29, 1.82) is 0 Å². The van der Waals surface area contributed by atoms with Crippen molar-refractivity contribution in [3.63, 3.8) is 0 Å².